The molecule has 1 atom stereocenters. The molecular formula is C16H17N3O. The number of aromatic nitrogens is 2. The smallest absolute Gasteiger partial charge is 0.220 e. The second-order valence-electron chi connectivity index (χ2n) is 5.33. The molecule has 1 unspecified atom stereocenters. The molecule has 0 radical (unpaired) electrons. The van der Waals surface area contributed by atoms with Crippen LogP contribution in [0.25, 0.3) is 11.3 Å². The number of hydrogen-bond acceptors (Lipinski definition) is 3. The average molecular weight is 267 g/mol. The molecule has 4 nitrogen and oxygen atoms in total. The molecule has 1 fully saturated rings. The Kier molecular flexibility index (Phi) is 3.22. The van der Waals surface area contributed by atoms with E-state index in [1.54, 1.807) is 6.20 Å². The highest BCUT2D eigenvalue weighted by molar-refractivity contribution is 5.79. The summed E-state index contributed by atoms with van der Waals surface area (Å²) in [5.74, 6) is 0.431. The molecule has 1 aromatic carbocycles. The van der Waals surface area contributed by atoms with Gasteiger partial charge in [0.2, 0.25) is 5.91 Å². The summed E-state index contributed by atoms with van der Waals surface area (Å²) in [6.45, 7) is 4.84. The molecule has 0 spiro atoms. The van der Waals surface area contributed by atoms with E-state index < -0.39 is 0 Å². The van der Waals surface area contributed by atoms with Crippen LogP contribution >= 0.6 is 0 Å². The van der Waals surface area contributed by atoms with Crippen molar-refractivity contribution in [2.24, 2.45) is 0 Å². The van der Waals surface area contributed by atoms with Gasteiger partial charge in [-0.1, -0.05) is 24.3 Å². The molecule has 1 N–H and O–H groups in total. The molecule has 2 heterocycles. The Morgan fingerprint density at radius 2 is 1.95 bits per heavy atom. The number of carbonyl (C=O) groups excluding carboxylic acids is 1. The molecule has 1 aliphatic heterocycles. The fraction of sp³-hybridized carbons (Fsp3) is 0.312. The van der Waals surface area contributed by atoms with E-state index in [9.17, 15) is 4.79 Å². The Bertz CT molecular complexity index is 649. The van der Waals surface area contributed by atoms with Crippen LogP contribution in [0.1, 0.15) is 29.0 Å². The van der Waals surface area contributed by atoms with Gasteiger partial charge in [0.15, 0.2) is 0 Å². The molecule has 0 saturated carbocycles. The van der Waals surface area contributed by atoms with Gasteiger partial charge in [0.25, 0.3) is 0 Å². The molecule has 1 amide bonds. The molecular weight excluding hydrogens is 250 g/mol. The molecule has 3 rings (SSSR count). The first-order valence-electron chi connectivity index (χ1n) is 6.81. The van der Waals surface area contributed by atoms with Crippen molar-refractivity contribution in [3.63, 3.8) is 0 Å². The predicted molar refractivity (Wildman–Crippen MR) is 77.3 cm³/mol. The van der Waals surface area contributed by atoms with E-state index in [-0.39, 0.29) is 5.91 Å². The van der Waals surface area contributed by atoms with Crippen LogP contribution in [0.4, 0.5) is 0 Å². The third kappa shape index (κ3) is 2.29. The maximum absolute atomic E-state index is 11.3. The van der Waals surface area contributed by atoms with Gasteiger partial charge in [0.05, 0.1) is 11.9 Å². The van der Waals surface area contributed by atoms with Gasteiger partial charge in [0.1, 0.15) is 0 Å². The first kappa shape index (κ1) is 12.8. The van der Waals surface area contributed by atoms with Crippen molar-refractivity contribution in [2.75, 3.05) is 6.54 Å². The lowest BCUT2D eigenvalue weighted by Gasteiger charge is -2.10. The summed E-state index contributed by atoms with van der Waals surface area (Å²) in [6, 6.07) is 8.30. The van der Waals surface area contributed by atoms with E-state index in [1.807, 2.05) is 6.92 Å². The van der Waals surface area contributed by atoms with Gasteiger partial charge in [0, 0.05) is 24.4 Å². The second-order valence-corrected chi connectivity index (χ2v) is 5.33. The first-order valence-corrected chi connectivity index (χ1v) is 6.81. The predicted octanol–water partition coefficient (Wildman–Crippen LogP) is 2.36. The Morgan fingerprint density at radius 1 is 1.20 bits per heavy atom. The zero-order chi connectivity index (χ0) is 14.1. The van der Waals surface area contributed by atoms with E-state index in [2.05, 4.69) is 46.7 Å². The quantitative estimate of drug-likeness (QED) is 0.908. The maximum Gasteiger partial charge on any atom is 0.220 e. The summed E-state index contributed by atoms with van der Waals surface area (Å²) in [4.78, 5) is 11.3. The van der Waals surface area contributed by atoms with Crippen molar-refractivity contribution < 1.29 is 4.79 Å². The van der Waals surface area contributed by atoms with Gasteiger partial charge in [-0.05, 0) is 30.5 Å². The number of nitrogens with one attached hydrogen (secondary N) is 1. The number of aryl methyl sites for hydroxylation is 1. The van der Waals surface area contributed by atoms with Crippen LogP contribution in [-0.4, -0.2) is 22.6 Å². The second kappa shape index (κ2) is 5.04. The van der Waals surface area contributed by atoms with Crippen molar-refractivity contribution >= 4 is 5.91 Å². The summed E-state index contributed by atoms with van der Waals surface area (Å²) < 4.78 is 0. The third-order valence-corrected chi connectivity index (χ3v) is 3.99. The summed E-state index contributed by atoms with van der Waals surface area (Å²) in [5.41, 5.74) is 5.50. The number of benzene rings is 1. The van der Waals surface area contributed by atoms with Crippen LogP contribution in [0.15, 0.2) is 30.5 Å². The zero-order valence-corrected chi connectivity index (χ0v) is 11.7. The zero-order valence-electron chi connectivity index (χ0n) is 11.7. The number of nitrogens with zero attached hydrogens (tertiary/aromatic N) is 2. The Balaban J connectivity index is 1.89. The van der Waals surface area contributed by atoms with Crippen LogP contribution in [0.2, 0.25) is 0 Å². The van der Waals surface area contributed by atoms with Gasteiger partial charge < -0.3 is 5.32 Å². The monoisotopic (exact) mass is 267 g/mol. The van der Waals surface area contributed by atoms with E-state index in [0.717, 1.165) is 28.9 Å². The largest absolute Gasteiger partial charge is 0.355 e. The van der Waals surface area contributed by atoms with Crippen molar-refractivity contribution in [2.45, 2.75) is 26.2 Å². The van der Waals surface area contributed by atoms with E-state index in [4.69, 9.17) is 0 Å². The lowest BCUT2D eigenvalue weighted by atomic mass is 9.95. The highest BCUT2D eigenvalue weighted by atomic mass is 16.1. The minimum absolute atomic E-state index is 0.138. The standard InChI is InChI=1S/C16H17N3O/c1-10-8-18-19-16(11(10)2)13-5-3-12(4-6-13)14-7-15(20)17-9-14/h3-6,8,14H,7,9H2,1-2H3,(H,17,20). The van der Waals surface area contributed by atoms with E-state index in [1.165, 1.54) is 5.56 Å². The summed E-state index contributed by atoms with van der Waals surface area (Å²) in [5, 5.41) is 11.1. The van der Waals surface area contributed by atoms with Crippen LogP contribution in [0.3, 0.4) is 0 Å². The molecule has 20 heavy (non-hydrogen) atoms. The Labute approximate surface area is 118 Å². The number of rotatable bonds is 2. The minimum Gasteiger partial charge on any atom is -0.355 e. The molecule has 4 heteroatoms. The molecule has 0 aliphatic carbocycles. The number of amides is 1. The van der Waals surface area contributed by atoms with E-state index in [0.29, 0.717) is 12.3 Å². The van der Waals surface area contributed by atoms with Crippen molar-refractivity contribution in [3.05, 3.63) is 47.2 Å². The fourth-order valence-corrected chi connectivity index (χ4v) is 2.56. The van der Waals surface area contributed by atoms with Gasteiger partial charge in [-0.25, -0.2) is 0 Å². The molecule has 2 aromatic rings. The van der Waals surface area contributed by atoms with Crippen LogP contribution in [0.5, 0.6) is 0 Å². The molecule has 1 aromatic heterocycles. The summed E-state index contributed by atoms with van der Waals surface area (Å²) >= 11 is 0. The van der Waals surface area contributed by atoms with Gasteiger partial charge in [-0.2, -0.15) is 10.2 Å². The molecule has 1 saturated heterocycles. The normalized spacial score (nSPS) is 18.1. The van der Waals surface area contributed by atoms with E-state index >= 15 is 0 Å². The Morgan fingerprint density at radius 3 is 2.60 bits per heavy atom. The Hall–Kier alpha value is -2.23. The van der Waals surface area contributed by atoms with Crippen LogP contribution in [-0.2, 0) is 4.79 Å². The third-order valence-electron chi connectivity index (χ3n) is 3.99. The van der Waals surface area contributed by atoms with Crippen molar-refractivity contribution in [3.8, 4) is 11.3 Å². The number of carbonyl (C=O) groups is 1. The highest BCUT2D eigenvalue weighted by Crippen LogP contribution is 2.27. The summed E-state index contributed by atoms with van der Waals surface area (Å²) in [6.07, 6.45) is 2.37. The molecule has 1 aliphatic rings. The lowest BCUT2D eigenvalue weighted by molar-refractivity contribution is -0.119. The minimum atomic E-state index is 0.138. The SMILES string of the molecule is Cc1cnnc(-c2ccc(C3CNC(=O)C3)cc2)c1C. The average Bonchev–Trinajstić information content (AvgIpc) is 2.89. The fourth-order valence-electron chi connectivity index (χ4n) is 2.56. The summed E-state index contributed by atoms with van der Waals surface area (Å²) in [7, 11) is 0. The first-order chi connectivity index (χ1) is 9.65. The van der Waals surface area contributed by atoms with Crippen LogP contribution in [0, 0.1) is 13.8 Å². The van der Waals surface area contributed by atoms with Gasteiger partial charge >= 0.3 is 0 Å². The van der Waals surface area contributed by atoms with Gasteiger partial charge in [-0.3, -0.25) is 4.79 Å². The van der Waals surface area contributed by atoms with Gasteiger partial charge in [-0.15, -0.1) is 0 Å². The van der Waals surface area contributed by atoms with Crippen molar-refractivity contribution in [1.82, 2.24) is 15.5 Å². The van der Waals surface area contributed by atoms with Crippen molar-refractivity contribution in [1.29, 1.82) is 0 Å². The number of hydrogen-bond donors (Lipinski definition) is 1. The maximum atomic E-state index is 11.3. The molecule has 0 bridgehead atoms. The van der Waals surface area contributed by atoms with Crippen LogP contribution < -0.4 is 5.32 Å². The lowest BCUT2D eigenvalue weighted by Crippen LogP contribution is -2.13. The topological polar surface area (TPSA) is 54.9 Å². The molecule has 102 valence electrons. The highest BCUT2D eigenvalue weighted by Gasteiger charge is 2.22.